The van der Waals surface area contributed by atoms with Crippen LogP contribution in [0.3, 0.4) is 0 Å². The molecule has 0 amide bonds. The molecule has 2 aliphatic heterocycles. The lowest BCUT2D eigenvalue weighted by molar-refractivity contribution is -0.154. The molecule has 0 radical (unpaired) electrons. The van der Waals surface area contributed by atoms with Gasteiger partial charge >= 0.3 is 16.2 Å². The Bertz CT molecular complexity index is 1300. The lowest BCUT2D eigenvalue weighted by Crippen LogP contribution is -2.42. The largest absolute Gasteiger partial charge is 0.478 e. The number of ether oxygens (including phenoxy) is 1. The lowest BCUT2D eigenvalue weighted by Gasteiger charge is -2.26. The zero-order valence-electron chi connectivity index (χ0n) is 21.4. The van der Waals surface area contributed by atoms with Crippen LogP contribution in [0.5, 0.6) is 5.88 Å². The first-order valence-electron chi connectivity index (χ1n) is 12.3. The van der Waals surface area contributed by atoms with Crippen LogP contribution in [-0.4, -0.2) is 76.5 Å². The van der Waals surface area contributed by atoms with Crippen LogP contribution >= 0.6 is 11.8 Å². The summed E-state index contributed by atoms with van der Waals surface area (Å²) in [5, 5.41) is 9.63. The number of nitrogens with one attached hydrogen (secondary N) is 1. The average Bonchev–Trinajstić information content (AvgIpc) is 3.09. The van der Waals surface area contributed by atoms with Gasteiger partial charge in [-0.05, 0) is 45.7 Å². The molecule has 0 aliphatic carbocycles. The summed E-state index contributed by atoms with van der Waals surface area (Å²) in [6.07, 6.45) is 2.77. The Morgan fingerprint density at radius 2 is 2.00 bits per heavy atom. The molecule has 2 aromatic rings. The van der Waals surface area contributed by atoms with Crippen molar-refractivity contribution in [3.05, 3.63) is 41.5 Å². The van der Waals surface area contributed by atoms with E-state index in [1.807, 2.05) is 7.05 Å². The molecule has 3 atom stereocenters. The number of hydrogen-bond acceptors (Lipinski definition) is 8. The van der Waals surface area contributed by atoms with Gasteiger partial charge in [-0.1, -0.05) is 30.8 Å². The number of rotatable bonds is 10. The van der Waals surface area contributed by atoms with Crippen molar-refractivity contribution in [3.63, 3.8) is 0 Å². The summed E-state index contributed by atoms with van der Waals surface area (Å²) in [4.78, 5) is 22.5. The normalized spacial score (nSPS) is 22.0. The molecule has 2 saturated heterocycles. The Kier molecular flexibility index (Phi) is 8.45. The molecule has 208 valence electrons. The highest BCUT2D eigenvalue weighted by Crippen LogP contribution is 2.31. The number of halogens is 2. The molecule has 14 heteroatoms. The van der Waals surface area contributed by atoms with Gasteiger partial charge in [0.05, 0.1) is 0 Å². The number of hydrogen-bond donors (Lipinski definition) is 2. The monoisotopic (exact) mass is 571 g/mol. The number of nitrogens with zero attached hydrogens (tertiary/aromatic N) is 4. The quantitative estimate of drug-likeness (QED) is 0.326. The number of fused-ring (bicyclic) bond motifs is 2. The predicted octanol–water partition coefficient (Wildman–Crippen LogP) is 3.50. The third-order valence-electron chi connectivity index (χ3n) is 7.21. The molecule has 2 fully saturated rings. The van der Waals surface area contributed by atoms with Crippen LogP contribution in [0.1, 0.15) is 45.1 Å². The van der Waals surface area contributed by atoms with E-state index >= 15 is 0 Å². The molecule has 3 heterocycles. The molecule has 0 spiro atoms. The second kappa shape index (κ2) is 11.3. The summed E-state index contributed by atoms with van der Waals surface area (Å²) < 4.78 is 64.0. The van der Waals surface area contributed by atoms with Gasteiger partial charge in [0.2, 0.25) is 11.5 Å². The zero-order valence-corrected chi connectivity index (χ0v) is 23.0. The minimum atomic E-state index is -4.01. The van der Waals surface area contributed by atoms with Gasteiger partial charge in [0.1, 0.15) is 5.82 Å². The molecule has 2 unspecified atom stereocenters. The van der Waals surface area contributed by atoms with Crippen LogP contribution in [0, 0.1) is 11.6 Å². The van der Waals surface area contributed by atoms with Crippen molar-refractivity contribution in [2.24, 2.45) is 0 Å². The highest BCUT2D eigenvalue weighted by molar-refractivity contribution is 7.98. The number of carboxylic acid groups (broad SMARTS) is 1. The van der Waals surface area contributed by atoms with Crippen LogP contribution in [0.15, 0.2) is 29.4 Å². The number of aromatic nitrogens is 2. The van der Waals surface area contributed by atoms with Gasteiger partial charge in [0.15, 0.2) is 16.8 Å². The highest BCUT2D eigenvalue weighted by Gasteiger charge is 2.39. The van der Waals surface area contributed by atoms with Crippen molar-refractivity contribution in [2.75, 3.05) is 24.9 Å². The van der Waals surface area contributed by atoms with E-state index < -0.39 is 33.4 Å². The van der Waals surface area contributed by atoms with Gasteiger partial charge in [0, 0.05) is 42.6 Å². The van der Waals surface area contributed by atoms with Crippen LogP contribution in [-0.2, 0) is 20.8 Å². The zero-order chi connectivity index (χ0) is 27.7. The maximum absolute atomic E-state index is 14.2. The molecule has 1 aromatic carbocycles. The van der Waals surface area contributed by atoms with Gasteiger partial charge in [-0.3, -0.25) is 9.62 Å². The Morgan fingerprint density at radius 1 is 1.26 bits per heavy atom. The van der Waals surface area contributed by atoms with E-state index in [0.29, 0.717) is 25.6 Å². The molecule has 4 rings (SSSR count). The Labute approximate surface area is 225 Å². The number of likely N-dealkylation sites (N-methyl/N-ethyl adjacent to an activating group) is 1. The number of benzene rings is 1. The number of anilines is 1. The predicted molar refractivity (Wildman–Crippen MR) is 138 cm³/mol. The van der Waals surface area contributed by atoms with E-state index in [9.17, 15) is 27.1 Å². The van der Waals surface area contributed by atoms with E-state index in [0.717, 1.165) is 30.7 Å². The lowest BCUT2D eigenvalue weighted by atomic mass is 10.0. The Morgan fingerprint density at radius 3 is 2.71 bits per heavy atom. The van der Waals surface area contributed by atoms with E-state index in [1.54, 1.807) is 6.92 Å². The first-order valence-corrected chi connectivity index (χ1v) is 14.7. The van der Waals surface area contributed by atoms with Crippen LogP contribution in [0.25, 0.3) is 0 Å². The average molecular weight is 572 g/mol. The second-order valence-corrected chi connectivity index (χ2v) is 12.3. The SMILES string of the molecule is CC[C@@](C)(Oc1cc(NS(=O)(=O)N2CCC3CCC(C2)N3C)nc(SCc2cccc(F)c2F)n1)C(=O)O. The Balaban J connectivity index is 1.60. The third kappa shape index (κ3) is 6.19. The molecular weight excluding hydrogens is 540 g/mol. The van der Waals surface area contributed by atoms with Crippen molar-refractivity contribution in [1.29, 1.82) is 0 Å². The number of thioether (sulfide) groups is 1. The summed E-state index contributed by atoms with van der Waals surface area (Å²) in [5.41, 5.74) is -1.56. The standard InChI is InChI=1S/C24H31F2N5O5S2/c1-4-24(2,22(32)33)36-20-12-19(27-23(28-20)37-14-15-6-5-7-18(25)21(15)26)29-38(34,35)31-11-10-16-8-9-17(13-31)30(16)3/h5-7,12,16-17H,4,8-11,13-14H2,1-3H3,(H,32,33)(H,27,28,29)/t16?,17?,24-/m1/s1. The fourth-order valence-corrected chi connectivity index (χ4v) is 6.60. The minimum Gasteiger partial charge on any atom is -0.478 e. The summed E-state index contributed by atoms with van der Waals surface area (Å²) in [6, 6.07) is 5.48. The van der Waals surface area contributed by atoms with Gasteiger partial charge in [-0.25, -0.2) is 18.6 Å². The molecule has 10 nitrogen and oxygen atoms in total. The number of carboxylic acids is 1. The van der Waals surface area contributed by atoms with Crippen molar-refractivity contribution in [3.8, 4) is 5.88 Å². The van der Waals surface area contributed by atoms with Crippen LogP contribution in [0.2, 0.25) is 0 Å². The summed E-state index contributed by atoms with van der Waals surface area (Å²) >= 11 is 0.930. The van der Waals surface area contributed by atoms with Crippen molar-refractivity contribution in [1.82, 2.24) is 19.2 Å². The topological polar surface area (TPSA) is 125 Å². The number of carbonyl (C=O) groups is 1. The highest BCUT2D eigenvalue weighted by atomic mass is 32.2. The van der Waals surface area contributed by atoms with Crippen molar-refractivity contribution >= 4 is 33.8 Å². The van der Waals surface area contributed by atoms with Gasteiger partial charge in [-0.15, -0.1) is 0 Å². The third-order valence-corrected chi connectivity index (χ3v) is 9.59. The Hall–Kier alpha value is -2.55. The molecule has 2 N–H and O–H groups in total. The summed E-state index contributed by atoms with van der Waals surface area (Å²) in [5.74, 6) is -3.56. The van der Waals surface area contributed by atoms with Crippen LogP contribution < -0.4 is 9.46 Å². The molecule has 1 aromatic heterocycles. The maximum Gasteiger partial charge on any atom is 0.347 e. The summed E-state index contributed by atoms with van der Waals surface area (Å²) in [6.45, 7) is 3.69. The second-order valence-electron chi connectivity index (χ2n) is 9.67. The molecule has 0 saturated carbocycles. The smallest absolute Gasteiger partial charge is 0.347 e. The molecule has 38 heavy (non-hydrogen) atoms. The van der Waals surface area contributed by atoms with Crippen molar-refractivity contribution in [2.45, 2.75) is 68.1 Å². The molecule has 2 aliphatic rings. The molecule has 2 bridgehead atoms. The van der Waals surface area contributed by atoms with Gasteiger partial charge < -0.3 is 9.84 Å². The fourth-order valence-electron chi connectivity index (χ4n) is 4.57. The molecular formula is C24H31F2N5O5S2. The van der Waals surface area contributed by atoms with E-state index in [1.165, 1.54) is 29.4 Å². The first kappa shape index (κ1) is 28.5. The van der Waals surface area contributed by atoms with E-state index in [-0.39, 0.29) is 40.6 Å². The van der Waals surface area contributed by atoms with Gasteiger partial charge in [0.25, 0.3) is 0 Å². The van der Waals surface area contributed by atoms with E-state index in [2.05, 4.69) is 19.6 Å². The van der Waals surface area contributed by atoms with Gasteiger partial charge in [-0.2, -0.15) is 17.7 Å². The first-order chi connectivity index (χ1) is 17.9. The fraction of sp³-hybridized carbons (Fsp3) is 0.542. The van der Waals surface area contributed by atoms with Crippen molar-refractivity contribution < 1.29 is 31.8 Å². The minimum absolute atomic E-state index is 0.00218. The maximum atomic E-state index is 14.2. The van der Waals surface area contributed by atoms with E-state index in [4.69, 9.17) is 4.74 Å². The summed E-state index contributed by atoms with van der Waals surface area (Å²) in [7, 11) is -2.00. The number of aliphatic carboxylic acids is 1. The van der Waals surface area contributed by atoms with Crippen LogP contribution in [0.4, 0.5) is 14.6 Å².